The van der Waals surface area contributed by atoms with Crippen molar-refractivity contribution in [1.82, 2.24) is 4.31 Å². The van der Waals surface area contributed by atoms with E-state index >= 15 is 0 Å². The van der Waals surface area contributed by atoms with Crippen LogP contribution in [-0.4, -0.2) is 45.4 Å². The van der Waals surface area contributed by atoms with Crippen LogP contribution in [-0.2, 0) is 27.7 Å². The van der Waals surface area contributed by atoms with Gasteiger partial charge in [0.05, 0.1) is 12.0 Å². The monoisotopic (exact) mass is 428 g/mol. The molecule has 1 amide bonds. The molecule has 2 aromatic carbocycles. The molecule has 6 nitrogen and oxygen atoms in total. The third kappa shape index (κ3) is 4.23. The van der Waals surface area contributed by atoms with Gasteiger partial charge in [0, 0.05) is 31.7 Å². The van der Waals surface area contributed by atoms with Crippen molar-refractivity contribution in [2.75, 3.05) is 31.6 Å². The predicted molar refractivity (Wildman–Crippen MR) is 116 cm³/mol. The fourth-order valence-electron chi connectivity index (χ4n) is 4.25. The second-order valence-corrected chi connectivity index (χ2v) is 9.84. The van der Waals surface area contributed by atoms with E-state index in [1.165, 1.54) is 0 Å². The van der Waals surface area contributed by atoms with Gasteiger partial charge in [-0.05, 0) is 73.6 Å². The number of hydrogen-bond donors (Lipinski definition) is 0. The molecule has 7 heteroatoms. The third-order valence-electron chi connectivity index (χ3n) is 5.96. The Morgan fingerprint density at radius 3 is 2.43 bits per heavy atom. The molecule has 2 aromatic rings. The van der Waals surface area contributed by atoms with Gasteiger partial charge in [-0.3, -0.25) is 4.79 Å². The summed E-state index contributed by atoms with van der Waals surface area (Å²) in [5.74, 6) is 0.872. The zero-order chi connectivity index (χ0) is 21.1. The van der Waals surface area contributed by atoms with Gasteiger partial charge in [-0.15, -0.1) is 0 Å². The smallest absolute Gasteiger partial charge is 0.243 e. The summed E-state index contributed by atoms with van der Waals surface area (Å²) in [6.45, 7) is 1.86. The van der Waals surface area contributed by atoms with Crippen LogP contribution in [0.25, 0.3) is 0 Å². The highest BCUT2D eigenvalue weighted by atomic mass is 32.2. The molecule has 0 bridgehead atoms. The summed E-state index contributed by atoms with van der Waals surface area (Å²) in [6, 6.07) is 13.0. The van der Waals surface area contributed by atoms with Crippen molar-refractivity contribution in [3.05, 3.63) is 53.6 Å². The van der Waals surface area contributed by atoms with Gasteiger partial charge >= 0.3 is 0 Å². The zero-order valence-corrected chi connectivity index (χ0v) is 18.2. The Hall–Kier alpha value is -2.38. The molecule has 2 heterocycles. The van der Waals surface area contributed by atoms with Crippen LogP contribution in [0.4, 0.5) is 5.69 Å². The van der Waals surface area contributed by atoms with Gasteiger partial charge in [0.15, 0.2) is 0 Å². The average molecular weight is 429 g/mol. The number of carbonyl (C=O) groups excluding carboxylic acids is 1. The van der Waals surface area contributed by atoms with Crippen molar-refractivity contribution in [1.29, 1.82) is 0 Å². The van der Waals surface area contributed by atoms with Crippen molar-refractivity contribution in [3.8, 4) is 5.75 Å². The maximum atomic E-state index is 12.9. The number of benzene rings is 2. The first-order chi connectivity index (χ1) is 14.5. The number of sulfonamides is 1. The molecule has 0 aromatic heterocycles. The summed E-state index contributed by atoms with van der Waals surface area (Å²) in [7, 11) is -1.81. The topological polar surface area (TPSA) is 66.9 Å². The lowest BCUT2D eigenvalue weighted by molar-refractivity contribution is -0.118. The standard InChI is InChI=1S/C23H28N2O4S/c1-29-20-9-6-18(7-10-20)8-13-23(26)25-16-4-5-19-17-21(11-12-22(19)25)30(27,28)24-14-2-3-15-24/h6-7,9-12,17H,2-5,8,13-16H2,1H3. The molecule has 160 valence electrons. The van der Waals surface area contributed by atoms with Gasteiger partial charge in [0.25, 0.3) is 0 Å². The first kappa shape index (κ1) is 20.9. The van der Waals surface area contributed by atoms with Crippen molar-refractivity contribution >= 4 is 21.6 Å². The minimum absolute atomic E-state index is 0.0712. The Bertz CT molecular complexity index is 1010. The average Bonchev–Trinajstić information content (AvgIpc) is 3.33. The van der Waals surface area contributed by atoms with Crippen LogP contribution in [0.15, 0.2) is 47.4 Å². The number of anilines is 1. The summed E-state index contributed by atoms with van der Waals surface area (Å²) in [6.07, 6.45) is 4.55. The predicted octanol–water partition coefficient (Wildman–Crippen LogP) is 3.39. The SMILES string of the molecule is COc1ccc(CCC(=O)N2CCCc3cc(S(=O)(=O)N4CCCC4)ccc32)cc1. The number of hydrogen-bond acceptors (Lipinski definition) is 4. The number of aryl methyl sites for hydroxylation is 2. The lowest BCUT2D eigenvalue weighted by Gasteiger charge is -2.30. The molecule has 1 saturated heterocycles. The molecule has 0 saturated carbocycles. The molecule has 2 aliphatic heterocycles. The first-order valence-electron chi connectivity index (χ1n) is 10.6. The van der Waals surface area contributed by atoms with E-state index in [-0.39, 0.29) is 5.91 Å². The molecule has 0 spiro atoms. The van der Waals surface area contributed by atoms with E-state index in [1.807, 2.05) is 35.2 Å². The van der Waals surface area contributed by atoms with E-state index in [9.17, 15) is 13.2 Å². The second kappa shape index (κ2) is 8.78. The molecule has 0 atom stereocenters. The highest BCUT2D eigenvalue weighted by Gasteiger charge is 2.29. The molecule has 0 unspecified atom stereocenters. The van der Waals surface area contributed by atoms with E-state index in [2.05, 4.69) is 0 Å². The van der Waals surface area contributed by atoms with Gasteiger partial charge in [0.1, 0.15) is 5.75 Å². The van der Waals surface area contributed by atoms with E-state index < -0.39 is 10.0 Å². The number of rotatable bonds is 6. The minimum Gasteiger partial charge on any atom is -0.497 e. The van der Waals surface area contributed by atoms with Crippen LogP contribution in [0.2, 0.25) is 0 Å². The molecular weight excluding hydrogens is 400 g/mol. The Balaban J connectivity index is 1.48. The van der Waals surface area contributed by atoms with Gasteiger partial charge in [0.2, 0.25) is 15.9 Å². The quantitative estimate of drug-likeness (QED) is 0.707. The van der Waals surface area contributed by atoms with E-state index in [0.717, 1.165) is 48.2 Å². The molecule has 30 heavy (non-hydrogen) atoms. The summed E-state index contributed by atoms with van der Waals surface area (Å²) in [5, 5.41) is 0. The van der Waals surface area contributed by atoms with Crippen LogP contribution in [0.5, 0.6) is 5.75 Å². The maximum Gasteiger partial charge on any atom is 0.243 e. The number of nitrogens with zero attached hydrogens (tertiary/aromatic N) is 2. The molecule has 0 radical (unpaired) electrons. The number of carbonyl (C=O) groups is 1. The molecule has 2 aliphatic rings. The molecular formula is C23H28N2O4S. The highest BCUT2D eigenvalue weighted by molar-refractivity contribution is 7.89. The number of methoxy groups -OCH3 is 1. The summed E-state index contributed by atoms with van der Waals surface area (Å²) < 4.78 is 32.5. The maximum absolute atomic E-state index is 12.9. The van der Waals surface area contributed by atoms with Gasteiger partial charge in [-0.25, -0.2) is 8.42 Å². The fraction of sp³-hybridized carbons (Fsp3) is 0.435. The lowest BCUT2D eigenvalue weighted by atomic mass is 10.0. The van der Waals surface area contributed by atoms with Crippen molar-refractivity contribution < 1.29 is 17.9 Å². The van der Waals surface area contributed by atoms with Crippen molar-refractivity contribution in [3.63, 3.8) is 0 Å². The Morgan fingerprint density at radius 2 is 1.73 bits per heavy atom. The summed E-state index contributed by atoms with van der Waals surface area (Å²) >= 11 is 0. The minimum atomic E-state index is -3.44. The largest absolute Gasteiger partial charge is 0.497 e. The van der Waals surface area contributed by atoms with Gasteiger partial charge < -0.3 is 9.64 Å². The number of fused-ring (bicyclic) bond motifs is 1. The summed E-state index contributed by atoms with van der Waals surface area (Å²) in [5.41, 5.74) is 2.88. The normalized spacial score (nSPS) is 17.0. The zero-order valence-electron chi connectivity index (χ0n) is 17.3. The Labute approximate surface area is 178 Å². The van der Waals surface area contributed by atoms with Crippen LogP contribution in [0.1, 0.15) is 36.8 Å². The Morgan fingerprint density at radius 1 is 1.00 bits per heavy atom. The summed E-state index contributed by atoms with van der Waals surface area (Å²) in [4.78, 5) is 15.1. The van der Waals surface area contributed by atoms with E-state index in [0.29, 0.717) is 37.4 Å². The van der Waals surface area contributed by atoms with Crippen LogP contribution >= 0.6 is 0 Å². The van der Waals surface area contributed by atoms with Crippen LogP contribution in [0, 0.1) is 0 Å². The molecule has 0 N–H and O–H groups in total. The fourth-order valence-corrected chi connectivity index (χ4v) is 5.82. The number of ether oxygens (including phenoxy) is 1. The Kier molecular flexibility index (Phi) is 6.11. The first-order valence-corrected chi connectivity index (χ1v) is 12.0. The van der Waals surface area contributed by atoms with Crippen molar-refractivity contribution in [2.24, 2.45) is 0 Å². The second-order valence-electron chi connectivity index (χ2n) is 7.90. The van der Waals surface area contributed by atoms with Crippen LogP contribution < -0.4 is 9.64 Å². The molecule has 1 fully saturated rings. The molecule has 4 rings (SSSR count). The van der Waals surface area contributed by atoms with Gasteiger partial charge in [-0.1, -0.05) is 12.1 Å². The number of amides is 1. The van der Waals surface area contributed by atoms with Crippen molar-refractivity contribution in [2.45, 2.75) is 43.4 Å². The third-order valence-corrected chi connectivity index (χ3v) is 7.85. The van der Waals surface area contributed by atoms with E-state index in [1.54, 1.807) is 23.5 Å². The van der Waals surface area contributed by atoms with E-state index in [4.69, 9.17) is 4.74 Å². The van der Waals surface area contributed by atoms with Gasteiger partial charge in [-0.2, -0.15) is 4.31 Å². The van der Waals surface area contributed by atoms with Crippen LogP contribution in [0.3, 0.4) is 0 Å². The lowest BCUT2D eigenvalue weighted by Crippen LogP contribution is -2.36. The highest BCUT2D eigenvalue weighted by Crippen LogP contribution is 2.31. The molecule has 0 aliphatic carbocycles.